The van der Waals surface area contributed by atoms with E-state index in [2.05, 4.69) is 5.32 Å². The van der Waals surface area contributed by atoms with Crippen molar-refractivity contribution in [2.45, 2.75) is 18.9 Å². The van der Waals surface area contributed by atoms with Crippen LogP contribution >= 0.6 is 0 Å². The summed E-state index contributed by atoms with van der Waals surface area (Å²) in [5, 5.41) is 2.88. The van der Waals surface area contributed by atoms with Gasteiger partial charge in [-0.15, -0.1) is 0 Å². The van der Waals surface area contributed by atoms with Crippen LogP contribution in [0.15, 0.2) is 48.5 Å². The lowest BCUT2D eigenvalue weighted by Gasteiger charge is -2.33. The third-order valence-electron chi connectivity index (χ3n) is 4.98. The summed E-state index contributed by atoms with van der Waals surface area (Å²) in [6, 6.07) is 14.2. The van der Waals surface area contributed by atoms with Gasteiger partial charge in [0.2, 0.25) is 0 Å². The summed E-state index contributed by atoms with van der Waals surface area (Å²) in [6.45, 7) is 3.28. The number of carbonyl (C=O) groups is 2. The molecule has 1 atom stereocenters. The van der Waals surface area contributed by atoms with Crippen LogP contribution in [0.5, 0.6) is 17.2 Å². The van der Waals surface area contributed by atoms with Crippen molar-refractivity contribution in [1.29, 1.82) is 0 Å². The number of nitrogens with zero attached hydrogens (tertiary/aromatic N) is 1. The molecule has 1 spiro atoms. The first-order valence-electron chi connectivity index (χ1n) is 9.36. The second kappa shape index (κ2) is 7.42. The Morgan fingerprint density at radius 2 is 1.79 bits per heavy atom. The quantitative estimate of drug-likeness (QED) is 0.778. The topological polar surface area (TPSA) is 77.1 Å². The van der Waals surface area contributed by atoms with Crippen molar-refractivity contribution < 1.29 is 23.8 Å². The first kappa shape index (κ1) is 18.2. The Labute approximate surface area is 163 Å². The van der Waals surface area contributed by atoms with E-state index in [0.29, 0.717) is 36.7 Å². The minimum absolute atomic E-state index is 0.169. The van der Waals surface area contributed by atoms with Gasteiger partial charge in [0.1, 0.15) is 23.9 Å². The number of hydrogen-bond donors (Lipinski definition) is 1. The molecule has 0 radical (unpaired) electrons. The highest BCUT2D eigenvalue weighted by Gasteiger charge is 2.54. The fourth-order valence-corrected chi connectivity index (χ4v) is 3.63. The fraction of sp³-hybridized carbons (Fsp3) is 0.333. The molecule has 0 saturated carbocycles. The highest BCUT2D eigenvalue weighted by atomic mass is 16.5. The van der Waals surface area contributed by atoms with Gasteiger partial charge in [-0.25, -0.2) is 4.79 Å². The molecule has 1 N–H and O–H groups in total. The van der Waals surface area contributed by atoms with Crippen LogP contribution in [0.1, 0.15) is 18.9 Å². The summed E-state index contributed by atoms with van der Waals surface area (Å²) in [5.41, 5.74) is -0.347. The molecule has 1 fully saturated rings. The minimum atomic E-state index is -1.05. The molecule has 146 valence electrons. The number of ether oxygens (including phenoxy) is 3. The first-order chi connectivity index (χ1) is 13.6. The van der Waals surface area contributed by atoms with Gasteiger partial charge in [-0.1, -0.05) is 18.2 Å². The maximum Gasteiger partial charge on any atom is 0.325 e. The monoisotopic (exact) mass is 382 g/mol. The molecule has 3 amide bonds. The minimum Gasteiger partial charge on any atom is -0.494 e. The molecule has 7 nitrogen and oxygen atoms in total. The molecule has 0 aromatic heterocycles. The molecule has 2 aromatic carbocycles. The summed E-state index contributed by atoms with van der Waals surface area (Å²) in [4.78, 5) is 26.9. The largest absolute Gasteiger partial charge is 0.494 e. The molecule has 2 aliphatic heterocycles. The van der Waals surface area contributed by atoms with Crippen molar-refractivity contribution in [1.82, 2.24) is 10.2 Å². The second-order valence-corrected chi connectivity index (χ2v) is 6.64. The van der Waals surface area contributed by atoms with Gasteiger partial charge in [-0.3, -0.25) is 9.69 Å². The third-order valence-corrected chi connectivity index (χ3v) is 4.98. The van der Waals surface area contributed by atoms with Crippen LogP contribution in [0, 0.1) is 0 Å². The van der Waals surface area contributed by atoms with Crippen LogP contribution in [0.4, 0.5) is 4.79 Å². The van der Waals surface area contributed by atoms with Gasteiger partial charge in [-0.05, 0) is 37.3 Å². The lowest BCUT2D eigenvalue weighted by Crippen LogP contribution is -2.47. The number of rotatable bonds is 6. The smallest absolute Gasteiger partial charge is 0.325 e. The van der Waals surface area contributed by atoms with Gasteiger partial charge in [0.05, 0.1) is 19.8 Å². The molecule has 7 heteroatoms. The zero-order chi connectivity index (χ0) is 19.6. The van der Waals surface area contributed by atoms with Crippen molar-refractivity contribution in [3.63, 3.8) is 0 Å². The van der Waals surface area contributed by atoms with Crippen LogP contribution in [0.3, 0.4) is 0 Å². The van der Waals surface area contributed by atoms with Crippen LogP contribution in [0.2, 0.25) is 0 Å². The molecule has 0 bridgehead atoms. The number of nitrogens with one attached hydrogen (secondary N) is 1. The van der Waals surface area contributed by atoms with E-state index in [1.807, 2.05) is 43.3 Å². The summed E-state index contributed by atoms with van der Waals surface area (Å²) in [5.74, 6) is 1.80. The van der Waals surface area contributed by atoms with E-state index < -0.39 is 11.6 Å². The number of amides is 3. The van der Waals surface area contributed by atoms with Crippen molar-refractivity contribution in [2.24, 2.45) is 0 Å². The number of urea groups is 1. The van der Waals surface area contributed by atoms with Gasteiger partial charge in [0, 0.05) is 12.0 Å². The summed E-state index contributed by atoms with van der Waals surface area (Å²) in [7, 11) is 0. The molecule has 2 aromatic rings. The van der Waals surface area contributed by atoms with Gasteiger partial charge in [-0.2, -0.15) is 0 Å². The van der Waals surface area contributed by atoms with E-state index in [1.54, 1.807) is 12.1 Å². The van der Waals surface area contributed by atoms with Crippen molar-refractivity contribution in [3.05, 3.63) is 54.1 Å². The fourth-order valence-electron chi connectivity index (χ4n) is 3.63. The van der Waals surface area contributed by atoms with E-state index in [4.69, 9.17) is 14.2 Å². The Kier molecular flexibility index (Phi) is 4.81. The normalized spacial score (nSPS) is 20.5. The average molecular weight is 382 g/mol. The van der Waals surface area contributed by atoms with Crippen LogP contribution in [-0.4, -0.2) is 43.2 Å². The van der Waals surface area contributed by atoms with Crippen molar-refractivity contribution >= 4 is 11.9 Å². The highest BCUT2D eigenvalue weighted by molar-refractivity contribution is 6.08. The Hall–Kier alpha value is -3.22. The summed E-state index contributed by atoms with van der Waals surface area (Å²) >= 11 is 0. The molecule has 28 heavy (non-hydrogen) atoms. The van der Waals surface area contributed by atoms with E-state index in [1.165, 1.54) is 4.90 Å². The van der Waals surface area contributed by atoms with Gasteiger partial charge < -0.3 is 19.5 Å². The number of carbonyl (C=O) groups excluding carboxylic acids is 2. The van der Waals surface area contributed by atoms with Crippen molar-refractivity contribution in [2.75, 3.05) is 26.4 Å². The van der Waals surface area contributed by atoms with Gasteiger partial charge >= 0.3 is 6.03 Å². The number of imide groups is 1. The standard InChI is InChI=1S/C21H22N2O5/c1-2-26-15-7-9-16(10-8-15)27-14-12-23-19(24)21(22-20(23)25)11-13-28-18-6-4-3-5-17(18)21/h3-10H,2,11-14H2,1H3,(H,22,25)/t21-/m0/s1. The van der Waals surface area contributed by atoms with E-state index in [9.17, 15) is 9.59 Å². The number of fused-ring (bicyclic) bond motifs is 2. The molecule has 4 rings (SSSR count). The Bertz CT molecular complexity index is 883. The van der Waals surface area contributed by atoms with E-state index in [-0.39, 0.29) is 19.1 Å². The van der Waals surface area contributed by atoms with E-state index in [0.717, 1.165) is 5.75 Å². The van der Waals surface area contributed by atoms with Crippen LogP contribution in [-0.2, 0) is 10.3 Å². The molecule has 0 unspecified atom stereocenters. The third kappa shape index (κ3) is 3.13. The zero-order valence-corrected chi connectivity index (χ0v) is 15.6. The molecule has 2 heterocycles. The lowest BCUT2D eigenvalue weighted by atomic mass is 9.84. The highest BCUT2D eigenvalue weighted by Crippen LogP contribution is 2.40. The predicted molar refractivity (Wildman–Crippen MR) is 102 cm³/mol. The molecular formula is C21H22N2O5. The zero-order valence-electron chi connectivity index (χ0n) is 15.6. The average Bonchev–Trinajstić information content (AvgIpc) is 2.94. The molecule has 1 saturated heterocycles. The summed E-state index contributed by atoms with van der Waals surface area (Å²) in [6.07, 6.45) is 0.408. The van der Waals surface area contributed by atoms with Gasteiger partial charge in [0.25, 0.3) is 5.91 Å². The second-order valence-electron chi connectivity index (χ2n) is 6.64. The van der Waals surface area contributed by atoms with Crippen molar-refractivity contribution in [3.8, 4) is 17.2 Å². The van der Waals surface area contributed by atoms with Crippen LogP contribution < -0.4 is 19.5 Å². The van der Waals surface area contributed by atoms with E-state index >= 15 is 0 Å². The Morgan fingerprint density at radius 3 is 2.54 bits per heavy atom. The first-order valence-corrected chi connectivity index (χ1v) is 9.36. The Balaban J connectivity index is 1.43. The number of para-hydroxylation sites is 1. The number of benzene rings is 2. The Morgan fingerprint density at radius 1 is 1.07 bits per heavy atom. The summed E-state index contributed by atoms with van der Waals surface area (Å²) < 4.78 is 16.7. The lowest BCUT2D eigenvalue weighted by molar-refractivity contribution is -0.132. The number of hydrogen-bond acceptors (Lipinski definition) is 5. The molecule has 2 aliphatic rings. The maximum absolute atomic E-state index is 13.1. The maximum atomic E-state index is 13.1. The van der Waals surface area contributed by atoms with Crippen LogP contribution in [0.25, 0.3) is 0 Å². The SMILES string of the molecule is CCOc1ccc(OCCN2C(=O)N[C@]3(CCOc4ccccc43)C2=O)cc1. The predicted octanol–water partition coefficient (Wildman–Crippen LogP) is 2.69. The molecule has 0 aliphatic carbocycles. The van der Waals surface area contributed by atoms with Gasteiger partial charge in [0.15, 0.2) is 5.54 Å². The molecular weight excluding hydrogens is 360 g/mol.